The molecule has 1 N–H and O–H groups in total. The third kappa shape index (κ3) is 5.97. The number of benzene rings is 3. The second-order valence-corrected chi connectivity index (χ2v) is 9.53. The van der Waals surface area contributed by atoms with Crippen molar-refractivity contribution in [2.24, 2.45) is 10.9 Å². The van der Waals surface area contributed by atoms with Crippen LogP contribution >= 0.6 is 0 Å². The summed E-state index contributed by atoms with van der Waals surface area (Å²) in [7, 11) is 0. The molecule has 0 saturated heterocycles. The molecule has 0 atom stereocenters. The lowest BCUT2D eigenvalue weighted by atomic mass is 9.88. The summed E-state index contributed by atoms with van der Waals surface area (Å²) in [4.78, 5) is 30.9. The number of carbonyl (C=O) groups is 2. The highest BCUT2D eigenvalue weighted by Crippen LogP contribution is 2.35. The molecule has 1 saturated carbocycles. The fourth-order valence-corrected chi connectivity index (χ4v) is 4.99. The lowest BCUT2D eigenvalue weighted by Crippen LogP contribution is -2.36. The fraction of sp³-hybridized carbons (Fsp3) is 0.258. The van der Waals surface area contributed by atoms with Gasteiger partial charge in [-0.05, 0) is 65.4 Å². The molecular weight excluding hydrogens is 464 g/mol. The molecule has 188 valence electrons. The summed E-state index contributed by atoms with van der Waals surface area (Å²) in [6.07, 6.45) is 9.59. The van der Waals surface area contributed by atoms with Crippen LogP contribution < -0.4 is 9.64 Å². The van der Waals surface area contributed by atoms with Gasteiger partial charge in [0.15, 0.2) is 0 Å². The molecule has 37 heavy (non-hydrogen) atoms. The van der Waals surface area contributed by atoms with Crippen LogP contribution in [0.5, 0.6) is 5.75 Å². The molecule has 0 bridgehead atoms. The molecule has 1 aliphatic heterocycles. The van der Waals surface area contributed by atoms with Gasteiger partial charge in [0.25, 0.3) is 0 Å². The standard InChI is InChI=1S/C31H30N2O4/c34-30(35)16-11-22-5-4-8-27(19-22)33(31(36)25-6-2-1-3-7-25)21-23-9-12-24(13-10-23)26-14-15-28-29(20-26)37-18-17-32-28/h4-5,8-17,19-20,25H,1-3,6-7,18,21H2,(H,34,35)/b16-11+. The molecule has 0 unspecified atom stereocenters. The number of aliphatic imine (C=N–C) groups is 1. The number of fused-ring (bicyclic) bond motifs is 1. The maximum atomic E-state index is 13.7. The average Bonchev–Trinajstić information content (AvgIpc) is 2.95. The number of ether oxygens (including phenoxy) is 1. The number of rotatable bonds is 7. The highest BCUT2D eigenvalue weighted by Gasteiger charge is 2.27. The minimum Gasteiger partial charge on any atom is -0.486 e. The number of amides is 1. The lowest BCUT2D eigenvalue weighted by Gasteiger charge is -2.30. The Hall–Kier alpha value is -4.19. The molecule has 0 spiro atoms. The van der Waals surface area contributed by atoms with E-state index in [9.17, 15) is 9.59 Å². The number of carboxylic acids is 1. The van der Waals surface area contributed by atoms with Crippen molar-refractivity contribution in [3.63, 3.8) is 0 Å². The first-order chi connectivity index (χ1) is 18.1. The fourth-order valence-electron chi connectivity index (χ4n) is 4.99. The van der Waals surface area contributed by atoms with E-state index in [2.05, 4.69) is 29.3 Å². The molecule has 2 aliphatic rings. The largest absolute Gasteiger partial charge is 0.486 e. The monoisotopic (exact) mass is 494 g/mol. The van der Waals surface area contributed by atoms with Crippen LogP contribution in [0.3, 0.4) is 0 Å². The molecule has 6 nitrogen and oxygen atoms in total. The van der Waals surface area contributed by atoms with Gasteiger partial charge in [-0.25, -0.2) is 4.79 Å². The van der Waals surface area contributed by atoms with Gasteiger partial charge in [0.1, 0.15) is 18.0 Å². The van der Waals surface area contributed by atoms with Crippen LogP contribution in [0.2, 0.25) is 0 Å². The number of nitrogens with zero attached hydrogens (tertiary/aromatic N) is 2. The Morgan fingerprint density at radius 1 is 0.973 bits per heavy atom. The first kappa shape index (κ1) is 24.5. The van der Waals surface area contributed by atoms with Crippen LogP contribution in [-0.4, -0.2) is 29.8 Å². The average molecular weight is 495 g/mol. The number of carboxylic acid groups (broad SMARTS) is 1. The minimum absolute atomic E-state index is 0.0180. The van der Waals surface area contributed by atoms with Crippen molar-refractivity contribution < 1.29 is 19.4 Å². The van der Waals surface area contributed by atoms with Gasteiger partial charge < -0.3 is 14.7 Å². The quantitative estimate of drug-likeness (QED) is 0.373. The predicted octanol–water partition coefficient (Wildman–Crippen LogP) is 6.66. The van der Waals surface area contributed by atoms with E-state index in [-0.39, 0.29) is 11.8 Å². The van der Waals surface area contributed by atoms with Crippen molar-refractivity contribution in [3.8, 4) is 16.9 Å². The Bertz CT molecular complexity index is 1340. The maximum Gasteiger partial charge on any atom is 0.328 e. The van der Waals surface area contributed by atoms with Gasteiger partial charge in [-0.1, -0.05) is 61.7 Å². The zero-order chi connectivity index (χ0) is 25.6. The molecule has 0 aromatic heterocycles. The molecule has 1 fully saturated rings. The normalized spacial score (nSPS) is 15.2. The first-order valence-electron chi connectivity index (χ1n) is 12.8. The zero-order valence-corrected chi connectivity index (χ0v) is 20.7. The van der Waals surface area contributed by atoms with Crippen LogP contribution in [0, 0.1) is 5.92 Å². The van der Waals surface area contributed by atoms with Gasteiger partial charge >= 0.3 is 5.97 Å². The zero-order valence-electron chi connectivity index (χ0n) is 20.7. The van der Waals surface area contributed by atoms with Crippen LogP contribution in [0.15, 0.2) is 77.8 Å². The predicted molar refractivity (Wildman–Crippen MR) is 146 cm³/mol. The van der Waals surface area contributed by atoms with Crippen molar-refractivity contribution >= 4 is 35.5 Å². The van der Waals surface area contributed by atoms with E-state index in [1.54, 1.807) is 12.3 Å². The van der Waals surface area contributed by atoms with Gasteiger partial charge in [-0.2, -0.15) is 0 Å². The van der Waals surface area contributed by atoms with Crippen molar-refractivity contribution in [1.82, 2.24) is 0 Å². The maximum absolute atomic E-state index is 13.7. The van der Waals surface area contributed by atoms with E-state index in [4.69, 9.17) is 9.84 Å². The van der Waals surface area contributed by atoms with Crippen molar-refractivity contribution in [1.29, 1.82) is 0 Å². The van der Waals surface area contributed by atoms with E-state index in [0.717, 1.165) is 71.1 Å². The van der Waals surface area contributed by atoms with Crippen LogP contribution in [-0.2, 0) is 16.1 Å². The van der Waals surface area contributed by atoms with Gasteiger partial charge in [-0.3, -0.25) is 9.79 Å². The summed E-state index contributed by atoms with van der Waals surface area (Å²) in [5.41, 5.74) is 5.50. The second-order valence-electron chi connectivity index (χ2n) is 9.53. The van der Waals surface area contributed by atoms with E-state index < -0.39 is 5.97 Å². The van der Waals surface area contributed by atoms with E-state index in [1.165, 1.54) is 6.42 Å². The number of hydrogen-bond acceptors (Lipinski definition) is 4. The van der Waals surface area contributed by atoms with Crippen LogP contribution in [0.4, 0.5) is 11.4 Å². The Kier molecular flexibility index (Phi) is 7.45. The number of carbonyl (C=O) groups excluding carboxylic acids is 1. The smallest absolute Gasteiger partial charge is 0.328 e. The number of anilines is 1. The summed E-state index contributed by atoms with van der Waals surface area (Å²) >= 11 is 0. The summed E-state index contributed by atoms with van der Waals surface area (Å²) in [6, 6.07) is 21.8. The molecule has 1 amide bonds. The van der Waals surface area contributed by atoms with E-state index >= 15 is 0 Å². The van der Waals surface area contributed by atoms with Crippen LogP contribution in [0.25, 0.3) is 17.2 Å². The van der Waals surface area contributed by atoms with Gasteiger partial charge in [-0.15, -0.1) is 0 Å². The third-order valence-electron chi connectivity index (χ3n) is 6.95. The summed E-state index contributed by atoms with van der Waals surface area (Å²) in [5.74, 6) is -0.0658. The molecule has 0 radical (unpaired) electrons. The third-order valence-corrected chi connectivity index (χ3v) is 6.95. The summed E-state index contributed by atoms with van der Waals surface area (Å²) in [6.45, 7) is 0.928. The van der Waals surface area contributed by atoms with Crippen LogP contribution in [0.1, 0.15) is 43.2 Å². The number of aliphatic carboxylic acids is 1. The highest BCUT2D eigenvalue weighted by atomic mass is 16.5. The number of hydrogen-bond donors (Lipinski definition) is 1. The molecule has 5 rings (SSSR count). The van der Waals surface area contributed by atoms with Crippen molar-refractivity contribution in [2.45, 2.75) is 38.6 Å². The van der Waals surface area contributed by atoms with Gasteiger partial charge in [0.05, 0.1) is 6.54 Å². The highest BCUT2D eigenvalue weighted by molar-refractivity contribution is 5.95. The Labute approximate surface area is 216 Å². The first-order valence-corrected chi connectivity index (χ1v) is 12.8. The molecule has 3 aromatic carbocycles. The van der Waals surface area contributed by atoms with Gasteiger partial charge in [0, 0.05) is 23.9 Å². The second kappa shape index (κ2) is 11.2. The molecule has 1 aliphatic carbocycles. The Balaban J connectivity index is 1.40. The molecule has 3 aromatic rings. The molecule has 6 heteroatoms. The van der Waals surface area contributed by atoms with Crippen molar-refractivity contribution in [3.05, 3.63) is 83.9 Å². The molecular formula is C31H30N2O4. The topological polar surface area (TPSA) is 79.2 Å². The van der Waals surface area contributed by atoms with Crippen molar-refractivity contribution in [2.75, 3.05) is 11.5 Å². The lowest BCUT2D eigenvalue weighted by molar-refractivity contribution is -0.131. The Morgan fingerprint density at radius 2 is 1.76 bits per heavy atom. The Morgan fingerprint density at radius 3 is 2.54 bits per heavy atom. The van der Waals surface area contributed by atoms with E-state index in [0.29, 0.717) is 13.2 Å². The molecule has 1 heterocycles. The minimum atomic E-state index is -1.00. The van der Waals surface area contributed by atoms with Gasteiger partial charge in [0.2, 0.25) is 5.91 Å². The van der Waals surface area contributed by atoms with E-state index in [1.807, 2.05) is 47.4 Å². The SMILES string of the molecule is O=C(O)/C=C/c1cccc(N(Cc2ccc(-c3ccc4c(c3)OCC=N4)cc2)C(=O)C2CCCCC2)c1. The summed E-state index contributed by atoms with van der Waals surface area (Å²) in [5, 5.41) is 9.01. The summed E-state index contributed by atoms with van der Waals surface area (Å²) < 4.78 is 5.70.